The lowest BCUT2D eigenvalue weighted by molar-refractivity contribution is 0.0983. The number of carbonyl (C=O) groups excluding carboxylic acids is 1. The second kappa shape index (κ2) is 8.15. The Kier molecular flexibility index (Phi) is 5.27. The Morgan fingerprint density at radius 3 is 2.93 bits per heavy atom. The summed E-state index contributed by atoms with van der Waals surface area (Å²) in [5.74, 6) is 2.41. The summed E-state index contributed by atoms with van der Waals surface area (Å²) in [6.45, 7) is 3.73. The number of rotatable bonds is 5. The van der Waals surface area contributed by atoms with Crippen LogP contribution in [0.25, 0.3) is 0 Å². The molecule has 3 heterocycles. The van der Waals surface area contributed by atoms with Gasteiger partial charge in [-0.15, -0.1) is 5.10 Å². The van der Waals surface area contributed by atoms with E-state index in [-0.39, 0.29) is 18.9 Å². The first-order chi connectivity index (χ1) is 13.7. The van der Waals surface area contributed by atoms with E-state index in [2.05, 4.69) is 25.8 Å². The van der Waals surface area contributed by atoms with E-state index >= 15 is 0 Å². The predicted octanol–water partition coefficient (Wildman–Crippen LogP) is 2.38. The molecule has 148 valence electrons. The van der Waals surface area contributed by atoms with Gasteiger partial charge in [0, 0.05) is 30.9 Å². The van der Waals surface area contributed by atoms with Crippen LogP contribution in [-0.4, -0.2) is 58.7 Å². The molecule has 0 unspecified atom stereocenters. The van der Waals surface area contributed by atoms with Crippen molar-refractivity contribution in [1.29, 1.82) is 0 Å². The molecule has 1 aromatic carbocycles. The second-order valence-corrected chi connectivity index (χ2v) is 6.46. The standard InChI is InChI=1S/C18H22N6O4/c1-2-26-18(25)24-7-5-12(6-8-24)20-16-10-19-23-17(22-16)21-13-3-4-14-15(9-13)28-11-27-14/h3-4,9-10,12H,2,5-8,11H2,1H3,(H2,20,21,22,23). The number of fused-ring (bicyclic) bond motifs is 1. The minimum absolute atomic E-state index is 0.209. The van der Waals surface area contributed by atoms with E-state index in [9.17, 15) is 4.79 Å². The molecule has 0 aliphatic carbocycles. The van der Waals surface area contributed by atoms with Crippen LogP contribution in [0, 0.1) is 0 Å². The molecule has 10 nitrogen and oxygen atoms in total. The third kappa shape index (κ3) is 4.16. The van der Waals surface area contributed by atoms with Crippen LogP contribution in [0.4, 0.5) is 22.2 Å². The van der Waals surface area contributed by atoms with Crippen molar-refractivity contribution in [2.45, 2.75) is 25.8 Å². The summed E-state index contributed by atoms with van der Waals surface area (Å²) in [5, 5.41) is 14.5. The minimum Gasteiger partial charge on any atom is -0.454 e. The third-order valence-electron chi connectivity index (χ3n) is 4.56. The zero-order chi connectivity index (χ0) is 19.3. The molecule has 2 aromatic rings. The zero-order valence-corrected chi connectivity index (χ0v) is 15.6. The summed E-state index contributed by atoms with van der Waals surface area (Å²) in [4.78, 5) is 18.0. The number of carbonyl (C=O) groups is 1. The maximum Gasteiger partial charge on any atom is 0.409 e. The van der Waals surface area contributed by atoms with Gasteiger partial charge < -0.3 is 29.7 Å². The number of amides is 1. The average Bonchev–Trinajstić information content (AvgIpc) is 3.17. The maximum atomic E-state index is 11.8. The number of hydrogen-bond donors (Lipinski definition) is 2. The predicted molar refractivity (Wildman–Crippen MR) is 101 cm³/mol. The van der Waals surface area contributed by atoms with Gasteiger partial charge in [0.15, 0.2) is 17.3 Å². The van der Waals surface area contributed by atoms with Crippen molar-refractivity contribution in [2.75, 3.05) is 37.1 Å². The molecule has 4 rings (SSSR count). The maximum absolute atomic E-state index is 11.8. The molecule has 0 radical (unpaired) electrons. The lowest BCUT2D eigenvalue weighted by Crippen LogP contribution is -2.42. The van der Waals surface area contributed by atoms with Crippen molar-refractivity contribution in [3.8, 4) is 11.5 Å². The van der Waals surface area contributed by atoms with Gasteiger partial charge in [-0.25, -0.2) is 4.79 Å². The summed E-state index contributed by atoms with van der Waals surface area (Å²) < 4.78 is 15.7. The average molecular weight is 386 g/mol. The van der Waals surface area contributed by atoms with Crippen LogP contribution in [0.5, 0.6) is 11.5 Å². The van der Waals surface area contributed by atoms with Gasteiger partial charge in [0.25, 0.3) is 0 Å². The van der Waals surface area contributed by atoms with Crippen molar-refractivity contribution >= 4 is 23.5 Å². The van der Waals surface area contributed by atoms with Gasteiger partial charge in [-0.05, 0) is 31.9 Å². The van der Waals surface area contributed by atoms with Crippen molar-refractivity contribution in [3.63, 3.8) is 0 Å². The topological polar surface area (TPSA) is 111 Å². The fraction of sp³-hybridized carbons (Fsp3) is 0.444. The van der Waals surface area contributed by atoms with Crippen LogP contribution in [0.1, 0.15) is 19.8 Å². The van der Waals surface area contributed by atoms with E-state index in [0.717, 1.165) is 18.5 Å². The molecule has 0 saturated carbocycles. The highest BCUT2D eigenvalue weighted by molar-refractivity contribution is 5.67. The van der Waals surface area contributed by atoms with Gasteiger partial charge in [0.2, 0.25) is 12.7 Å². The summed E-state index contributed by atoms with van der Waals surface area (Å²) >= 11 is 0. The van der Waals surface area contributed by atoms with Crippen LogP contribution < -0.4 is 20.1 Å². The molecule has 0 spiro atoms. The van der Waals surface area contributed by atoms with Crippen molar-refractivity contribution in [2.24, 2.45) is 0 Å². The number of hydrogen-bond acceptors (Lipinski definition) is 9. The van der Waals surface area contributed by atoms with Gasteiger partial charge in [0.1, 0.15) is 0 Å². The number of nitrogens with zero attached hydrogens (tertiary/aromatic N) is 4. The molecule has 1 amide bonds. The monoisotopic (exact) mass is 386 g/mol. The molecular weight excluding hydrogens is 364 g/mol. The van der Waals surface area contributed by atoms with E-state index in [1.165, 1.54) is 0 Å². The molecule has 2 aliphatic rings. The van der Waals surface area contributed by atoms with Gasteiger partial charge in [-0.2, -0.15) is 10.1 Å². The van der Waals surface area contributed by atoms with Crippen molar-refractivity contribution < 1.29 is 19.0 Å². The quantitative estimate of drug-likeness (QED) is 0.800. The highest BCUT2D eigenvalue weighted by atomic mass is 16.7. The number of nitrogens with one attached hydrogen (secondary N) is 2. The summed E-state index contributed by atoms with van der Waals surface area (Å²) in [6.07, 6.45) is 2.96. The third-order valence-corrected chi connectivity index (χ3v) is 4.56. The van der Waals surface area contributed by atoms with Crippen LogP contribution in [0.2, 0.25) is 0 Å². The van der Waals surface area contributed by atoms with E-state index in [0.29, 0.717) is 43.0 Å². The zero-order valence-electron chi connectivity index (χ0n) is 15.6. The molecule has 0 bridgehead atoms. The van der Waals surface area contributed by atoms with Crippen LogP contribution in [0.3, 0.4) is 0 Å². The fourth-order valence-electron chi connectivity index (χ4n) is 3.16. The summed E-state index contributed by atoms with van der Waals surface area (Å²) in [5.41, 5.74) is 0.783. The first-order valence-corrected chi connectivity index (χ1v) is 9.26. The first kappa shape index (κ1) is 18.1. The van der Waals surface area contributed by atoms with E-state index in [1.54, 1.807) is 11.1 Å². The number of likely N-dealkylation sites (tertiary alicyclic amines) is 1. The number of ether oxygens (including phenoxy) is 3. The summed E-state index contributed by atoms with van der Waals surface area (Å²) in [7, 11) is 0. The molecule has 1 aromatic heterocycles. The van der Waals surface area contributed by atoms with E-state index < -0.39 is 0 Å². The Balaban J connectivity index is 1.34. The van der Waals surface area contributed by atoms with Crippen LogP contribution in [-0.2, 0) is 4.74 Å². The normalized spacial score (nSPS) is 16.0. The molecule has 0 atom stereocenters. The lowest BCUT2D eigenvalue weighted by atomic mass is 10.1. The second-order valence-electron chi connectivity index (χ2n) is 6.46. The fourth-order valence-corrected chi connectivity index (χ4v) is 3.16. The van der Waals surface area contributed by atoms with Gasteiger partial charge in [-0.3, -0.25) is 0 Å². The van der Waals surface area contributed by atoms with Crippen LogP contribution >= 0.6 is 0 Å². The summed E-state index contributed by atoms with van der Waals surface area (Å²) in [6, 6.07) is 5.73. The molecule has 28 heavy (non-hydrogen) atoms. The highest BCUT2D eigenvalue weighted by Crippen LogP contribution is 2.34. The Bertz CT molecular complexity index is 841. The van der Waals surface area contributed by atoms with Crippen LogP contribution in [0.15, 0.2) is 24.4 Å². The molecule has 2 N–H and O–H groups in total. The number of anilines is 3. The number of aromatic nitrogens is 3. The van der Waals surface area contributed by atoms with Crippen molar-refractivity contribution in [1.82, 2.24) is 20.1 Å². The Morgan fingerprint density at radius 2 is 2.11 bits per heavy atom. The first-order valence-electron chi connectivity index (χ1n) is 9.26. The molecule has 10 heteroatoms. The van der Waals surface area contributed by atoms with Crippen molar-refractivity contribution in [3.05, 3.63) is 24.4 Å². The number of piperidine rings is 1. The Hall–Kier alpha value is -3.30. The van der Waals surface area contributed by atoms with Gasteiger partial charge >= 0.3 is 6.09 Å². The smallest absolute Gasteiger partial charge is 0.409 e. The SMILES string of the molecule is CCOC(=O)N1CCC(Nc2cnnc(Nc3ccc4c(c3)OCO4)n2)CC1. The largest absolute Gasteiger partial charge is 0.454 e. The lowest BCUT2D eigenvalue weighted by Gasteiger charge is -2.31. The Morgan fingerprint density at radius 1 is 1.29 bits per heavy atom. The highest BCUT2D eigenvalue weighted by Gasteiger charge is 2.23. The molecule has 1 saturated heterocycles. The van der Waals surface area contributed by atoms with E-state index in [1.807, 2.05) is 25.1 Å². The number of benzene rings is 1. The Labute approximate surface area is 162 Å². The van der Waals surface area contributed by atoms with Gasteiger partial charge in [0.05, 0.1) is 12.8 Å². The van der Waals surface area contributed by atoms with Gasteiger partial charge in [-0.1, -0.05) is 0 Å². The van der Waals surface area contributed by atoms with E-state index in [4.69, 9.17) is 14.2 Å². The molecular formula is C18H22N6O4. The molecule has 1 fully saturated rings. The molecule has 2 aliphatic heterocycles. The minimum atomic E-state index is -0.250.